The number of hydrogen-bond acceptors (Lipinski definition) is 6. The number of Topliss-reactive ketones (excluding diaryl/α,β-unsaturated/α-hetero) is 1. The van der Waals surface area contributed by atoms with Gasteiger partial charge in [-0.2, -0.15) is 13.2 Å². The first-order valence-corrected chi connectivity index (χ1v) is 8.33. The van der Waals surface area contributed by atoms with Crippen molar-refractivity contribution in [2.24, 2.45) is 5.92 Å². The topological polar surface area (TPSA) is 77.0 Å². The highest BCUT2D eigenvalue weighted by molar-refractivity contribution is 5.88. The van der Waals surface area contributed by atoms with E-state index in [1.807, 2.05) is 0 Å². The second-order valence-electron chi connectivity index (χ2n) is 6.44. The van der Waals surface area contributed by atoms with E-state index in [1.165, 1.54) is 12.4 Å². The Labute approximate surface area is 160 Å². The highest BCUT2D eigenvalue weighted by atomic mass is 19.4. The van der Waals surface area contributed by atoms with Crippen LogP contribution in [0.1, 0.15) is 13.3 Å². The summed E-state index contributed by atoms with van der Waals surface area (Å²) in [5, 5.41) is 2.57. The third kappa shape index (κ3) is 4.93. The van der Waals surface area contributed by atoms with Crippen LogP contribution in [0.25, 0.3) is 11.3 Å². The van der Waals surface area contributed by atoms with Gasteiger partial charge in [0.05, 0.1) is 30.6 Å². The van der Waals surface area contributed by atoms with Crippen molar-refractivity contribution < 1.29 is 35.9 Å². The summed E-state index contributed by atoms with van der Waals surface area (Å²) in [7, 11) is 0. The molecule has 0 saturated heterocycles. The van der Waals surface area contributed by atoms with Crippen LogP contribution in [-0.2, 0) is 4.79 Å². The second kappa shape index (κ2) is 7.48. The zero-order valence-corrected chi connectivity index (χ0v) is 14.8. The summed E-state index contributed by atoms with van der Waals surface area (Å²) in [5.41, 5.74) is 0.277. The van der Waals surface area contributed by atoms with E-state index in [4.69, 9.17) is 0 Å². The number of rotatable bonds is 7. The van der Waals surface area contributed by atoms with Crippen LogP contribution < -0.4 is 10.1 Å². The van der Waals surface area contributed by atoms with E-state index in [-0.39, 0.29) is 23.6 Å². The van der Waals surface area contributed by atoms with Crippen molar-refractivity contribution in [3.63, 3.8) is 0 Å². The van der Waals surface area contributed by atoms with Crippen LogP contribution in [-0.4, -0.2) is 45.5 Å². The van der Waals surface area contributed by atoms with Gasteiger partial charge >= 0.3 is 6.18 Å². The van der Waals surface area contributed by atoms with Gasteiger partial charge in [-0.05, 0) is 13.0 Å². The summed E-state index contributed by atoms with van der Waals surface area (Å²) in [5.74, 6) is -6.65. The van der Waals surface area contributed by atoms with Crippen LogP contribution in [0.5, 0.6) is 5.88 Å². The van der Waals surface area contributed by atoms with E-state index < -0.39 is 48.0 Å². The largest absolute Gasteiger partial charge is 0.463 e. The summed E-state index contributed by atoms with van der Waals surface area (Å²) in [6, 6.07) is 0.890. The first-order chi connectivity index (χ1) is 13.5. The van der Waals surface area contributed by atoms with Gasteiger partial charge in [0.25, 0.3) is 11.8 Å². The molecule has 0 amide bonds. The van der Waals surface area contributed by atoms with Gasteiger partial charge in [0.1, 0.15) is 5.82 Å². The fraction of sp³-hybridized carbons (Fsp3) is 0.412. The van der Waals surface area contributed by atoms with E-state index in [2.05, 4.69) is 25.0 Å². The molecule has 1 saturated carbocycles. The first kappa shape index (κ1) is 20.8. The van der Waals surface area contributed by atoms with E-state index in [0.29, 0.717) is 0 Å². The van der Waals surface area contributed by atoms with Crippen molar-refractivity contribution in [2.45, 2.75) is 31.5 Å². The van der Waals surface area contributed by atoms with Crippen molar-refractivity contribution in [3.05, 3.63) is 30.5 Å². The number of aromatic nitrogens is 3. The van der Waals surface area contributed by atoms with Crippen molar-refractivity contribution in [2.75, 3.05) is 11.9 Å². The highest BCUT2D eigenvalue weighted by Crippen LogP contribution is 2.49. The number of ether oxygens (including phenoxy) is 1. The Morgan fingerprint density at radius 2 is 1.97 bits per heavy atom. The van der Waals surface area contributed by atoms with Gasteiger partial charge in [-0.25, -0.2) is 23.1 Å². The van der Waals surface area contributed by atoms with Crippen LogP contribution in [0.2, 0.25) is 0 Å². The molecule has 2 heterocycles. The molecule has 1 aliphatic carbocycles. The molecule has 0 aliphatic heterocycles. The number of nitrogens with one attached hydrogen (secondary N) is 1. The van der Waals surface area contributed by atoms with Crippen molar-refractivity contribution in [1.29, 1.82) is 0 Å². The minimum atomic E-state index is -4.67. The predicted octanol–water partition coefficient (Wildman–Crippen LogP) is 3.64. The van der Waals surface area contributed by atoms with Crippen LogP contribution in [0.4, 0.5) is 32.2 Å². The number of hydrogen-bond donors (Lipinski definition) is 1. The summed E-state index contributed by atoms with van der Waals surface area (Å²) in [4.78, 5) is 23.0. The molecule has 0 bridgehead atoms. The zero-order chi connectivity index (χ0) is 21.4. The highest BCUT2D eigenvalue weighted by Gasteiger charge is 2.60. The van der Waals surface area contributed by atoms with Crippen LogP contribution in [0.15, 0.2) is 24.7 Å². The minimum Gasteiger partial charge on any atom is -0.463 e. The molecular weight excluding hydrogens is 406 g/mol. The number of ketones is 1. The number of pyridine rings is 1. The Morgan fingerprint density at radius 1 is 1.28 bits per heavy atom. The number of carbonyl (C=O) groups is 1. The van der Waals surface area contributed by atoms with Crippen molar-refractivity contribution in [1.82, 2.24) is 15.0 Å². The lowest BCUT2D eigenvalue weighted by atomic mass is 10.2. The first-order valence-electron chi connectivity index (χ1n) is 8.33. The Morgan fingerprint density at radius 3 is 2.48 bits per heavy atom. The van der Waals surface area contributed by atoms with E-state index >= 15 is 0 Å². The fourth-order valence-corrected chi connectivity index (χ4v) is 2.32. The maximum atomic E-state index is 14.0. The average molecular weight is 420 g/mol. The molecule has 1 aliphatic rings. The standard InChI is InChI=1S/C17H14F6N4O2/c1-8(17(21,22)23)29-15-11(18)2-9(4-27-15)12-5-25-14(7-24-12)26-6-13(28)10-3-16(10,19)20/h2,4-5,7-8,10H,3,6H2,1H3,(H,25,26)/t8-,10?/m1/s1. The molecule has 2 aromatic rings. The quantitative estimate of drug-likeness (QED) is 0.690. The van der Waals surface area contributed by atoms with Crippen molar-refractivity contribution in [3.8, 4) is 17.1 Å². The summed E-state index contributed by atoms with van der Waals surface area (Å²) < 4.78 is 81.6. The molecule has 156 valence electrons. The SMILES string of the molecule is C[C@@H](Oc1ncc(-c2cnc(NCC(=O)C3CC3(F)F)cn2)cc1F)C(F)(F)F. The zero-order valence-electron chi connectivity index (χ0n) is 14.8. The van der Waals surface area contributed by atoms with Gasteiger partial charge in [0.2, 0.25) is 0 Å². The number of anilines is 1. The van der Waals surface area contributed by atoms with Crippen molar-refractivity contribution >= 4 is 11.6 Å². The van der Waals surface area contributed by atoms with Gasteiger partial charge in [0, 0.05) is 18.2 Å². The number of nitrogens with zero attached hydrogens (tertiary/aromatic N) is 3. The lowest BCUT2D eigenvalue weighted by Crippen LogP contribution is -2.31. The molecule has 29 heavy (non-hydrogen) atoms. The van der Waals surface area contributed by atoms with Crippen LogP contribution in [0, 0.1) is 11.7 Å². The van der Waals surface area contributed by atoms with E-state index in [1.54, 1.807) is 0 Å². The molecule has 0 spiro atoms. The molecule has 1 N–H and O–H groups in total. The lowest BCUT2D eigenvalue weighted by molar-refractivity contribution is -0.190. The summed E-state index contributed by atoms with van der Waals surface area (Å²) in [6.07, 6.45) is -3.90. The third-order valence-electron chi connectivity index (χ3n) is 4.16. The van der Waals surface area contributed by atoms with Gasteiger partial charge < -0.3 is 10.1 Å². The summed E-state index contributed by atoms with van der Waals surface area (Å²) in [6.45, 7) is 0.384. The Balaban J connectivity index is 1.62. The van der Waals surface area contributed by atoms with Crippen LogP contribution in [0.3, 0.4) is 0 Å². The maximum absolute atomic E-state index is 14.0. The normalized spacial score (nSPS) is 18.8. The molecule has 2 atom stereocenters. The third-order valence-corrected chi connectivity index (χ3v) is 4.16. The molecule has 1 fully saturated rings. The van der Waals surface area contributed by atoms with Gasteiger partial charge in [-0.15, -0.1) is 0 Å². The molecular formula is C17H14F6N4O2. The fourth-order valence-electron chi connectivity index (χ4n) is 2.32. The number of carbonyl (C=O) groups excluding carboxylic acids is 1. The number of alkyl halides is 5. The molecule has 0 radical (unpaired) electrons. The minimum absolute atomic E-state index is 0.127. The monoisotopic (exact) mass is 420 g/mol. The Hall–Kier alpha value is -2.92. The lowest BCUT2D eigenvalue weighted by Gasteiger charge is -2.17. The Bertz CT molecular complexity index is 904. The van der Waals surface area contributed by atoms with Gasteiger partial charge in [0.15, 0.2) is 17.7 Å². The van der Waals surface area contributed by atoms with E-state index in [9.17, 15) is 31.1 Å². The maximum Gasteiger partial charge on any atom is 0.425 e. The summed E-state index contributed by atoms with van der Waals surface area (Å²) >= 11 is 0. The number of halogens is 6. The molecule has 3 rings (SSSR count). The van der Waals surface area contributed by atoms with Gasteiger partial charge in [-0.1, -0.05) is 0 Å². The Kier molecular flexibility index (Phi) is 5.37. The predicted molar refractivity (Wildman–Crippen MR) is 87.9 cm³/mol. The smallest absolute Gasteiger partial charge is 0.425 e. The van der Waals surface area contributed by atoms with Crippen LogP contribution >= 0.6 is 0 Å². The molecule has 1 unspecified atom stereocenters. The van der Waals surface area contributed by atoms with Gasteiger partial charge in [-0.3, -0.25) is 9.78 Å². The average Bonchev–Trinajstić information content (AvgIpc) is 3.29. The molecule has 2 aromatic heterocycles. The molecule has 0 aromatic carbocycles. The second-order valence-corrected chi connectivity index (χ2v) is 6.44. The molecule has 12 heteroatoms. The van der Waals surface area contributed by atoms with E-state index in [0.717, 1.165) is 19.2 Å². The molecule has 6 nitrogen and oxygen atoms in total.